The molecule has 0 unspecified atom stereocenters. The Morgan fingerprint density at radius 3 is 2.57 bits per heavy atom. The first-order chi connectivity index (χ1) is 13.7. The Hall–Kier alpha value is -2.54. The van der Waals surface area contributed by atoms with E-state index in [9.17, 15) is 4.79 Å². The Balaban J connectivity index is 1.29. The monoisotopic (exact) mass is 393 g/mol. The molecule has 1 amide bonds. The number of hydrogen-bond acceptors (Lipinski definition) is 6. The van der Waals surface area contributed by atoms with Crippen LogP contribution in [0.25, 0.3) is 10.2 Å². The molecule has 1 saturated carbocycles. The minimum absolute atomic E-state index is 0.0653. The van der Waals surface area contributed by atoms with Crippen LogP contribution in [0.2, 0.25) is 0 Å². The van der Waals surface area contributed by atoms with E-state index in [4.69, 9.17) is 0 Å². The summed E-state index contributed by atoms with van der Waals surface area (Å²) in [4.78, 5) is 30.7. The molecule has 2 fully saturated rings. The van der Waals surface area contributed by atoms with Gasteiger partial charge in [-0.2, -0.15) is 0 Å². The van der Waals surface area contributed by atoms with Gasteiger partial charge in [-0.1, -0.05) is 12.1 Å². The lowest BCUT2D eigenvalue weighted by atomic mass is 10.0. The number of nitrogens with zero attached hydrogens (tertiary/aromatic N) is 5. The molecule has 0 atom stereocenters. The molecule has 0 N–H and O–H groups in total. The number of aromatic nitrogens is 3. The predicted molar refractivity (Wildman–Crippen MR) is 111 cm³/mol. The highest BCUT2D eigenvalue weighted by Crippen LogP contribution is 2.35. The second kappa shape index (κ2) is 7.13. The molecule has 1 aliphatic heterocycles. The standard InChI is InChI=1S/C21H23N5OS/c1-14-12-19(23-13-22-14)26(15-6-7-15)16-8-10-25(11-9-16)21(27)20-24-17-4-2-3-5-18(17)28-20/h2-5,12-13,15-16H,6-11H2,1H3. The van der Waals surface area contributed by atoms with E-state index in [1.54, 1.807) is 6.33 Å². The number of carbonyl (C=O) groups is 1. The Morgan fingerprint density at radius 1 is 1.11 bits per heavy atom. The summed E-state index contributed by atoms with van der Waals surface area (Å²) >= 11 is 1.49. The summed E-state index contributed by atoms with van der Waals surface area (Å²) in [6.45, 7) is 3.55. The van der Waals surface area contributed by atoms with Gasteiger partial charge in [-0.15, -0.1) is 11.3 Å². The minimum Gasteiger partial charge on any atom is -0.350 e. The van der Waals surface area contributed by atoms with Crippen LogP contribution in [0.5, 0.6) is 0 Å². The summed E-state index contributed by atoms with van der Waals surface area (Å²) in [5, 5.41) is 0.602. The van der Waals surface area contributed by atoms with Crippen molar-refractivity contribution in [2.75, 3.05) is 18.0 Å². The smallest absolute Gasteiger partial charge is 0.282 e. The molecule has 1 aromatic carbocycles. The van der Waals surface area contributed by atoms with E-state index in [2.05, 4.69) is 25.9 Å². The van der Waals surface area contributed by atoms with Gasteiger partial charge in [-0.25, -0.2) is 15.0 Å². The maximum absolute atomic E-state index is 12.9. The average Bonchev–Trinajstić information content (AvgIpc) is 3.45. The summed E-state index contributed by atoms with van der Waals surface area (Å²) in [6.07, 6.45) is 6.06. The highest BCUT2D eigenvalue weighted by atomic mass is 32.1. The fraction of sp³-hybridized carbons (Fsp3) is 0.429. The molecular formula is C21H23N5OS. The van der Waals surface area contributed by atoms with Gasteiger partial charge in [-0.05, 0) is 44.7 Å². The molecule has 28 heavy (non-hydrogen) atoms. The first kappa shape index (κ1) is 17.6. The van der Waals surface area contributed by atoms with Gasteiger partial charge in [0.1, 0.15) is 12.1 Å². The van der Waals surface area contributed by atoms with Gasteiger partial charge in [0.2, 0.25) is 0 Å². The Kier molecular flexibility index (Phi) is 4.47. The highest BCUT2D eigenvalue weighted by molar-refractivity contribution is 7.20. The van der Waals surface area contributed by atoms with Crippen molar-refractivity contribution in [3.8, 4) is 0 Å². The van der Waals surface area contributed by atoms with Crippen LogP contribution in [0, 0.1) is 6.92 Å². The largest absolute Gasteiger partial charge is 0.350 e. The van der Waals surface area contributed by atoms with E-state index >= 15 is 0 Å². The summed E-state index contributed by atoms with van der Waals surface area (Å²) < 4.78 is 1.07. The van der Waals surface area contributed by atoms with Crippen molar-refractivity contribution in [3.05, 3.63) is 47.4 Å². The van der Waals surface area contributed by atoms with Crippen LogP contribution >= 0.6 is 11.3 Å². The summed E-state index contributed by atoms with van der Waals surface area (Å²) in [5.41, 5.74) is 1.91. The number of aryl methyl sites for hydroxylation is 1. The van der Waals surface area contributed by atoms with Gasteiger partial charge < -0.3 is 9.80 Å². The van der Waals surface area contributed by atoms with Gasteiger partial charge >= 0.3 is 0 Å². The number of carbonyl (C=O) groups excluding carboxylic acids is 1. The predicted octanol–water partition coefficient (Wildman–Crippen LogP) is 3.67. The van der Waals surface area contributed by atoms with E-state index in [0.717, 1.165) is 47.7 Å². The van der Waals surface area contributed by atoms with Gasteiger partial charge in [0.25, 0.3) is 5.91 Å². The van der Waals surface area contributed by atoms with E-state index in [-0.39, 0.29) is 5.91 Å². The maximum Gasteiger partial charge on any atom is 0.282 e. The Labute approximate surface area is 168 Å². The third-order valence-electron chi connectivity index (χ3n) is 5.62. The van der Waals surface area contributed by atoms with Crippen LogP contribution in [0.3, 0.4) is 0 Å². The van der Waals surface area contributed by atoms with Crippen molar-refractivity contribution < 1.29 is 4.79 Å². The number of thiazole rings is 1. The van der Waals surface area contributed by atoms with Crippen molar-refractivity contribution in [1.82, 2.24) is 19.9 Å². The molecule has 7 heteroatoms. The van der Waals surface area contributed by atoms with Gasteiger partial charge in [0, 0.05) is 36.9 Å². The third-order valence-corrected chi connectivity index (χ3v) is 6.64. The van der Waals surface area contributed by atoms with Crippen LogP contribution in [-0.2, 0) is 0 Å². The second-order valence-corrected chi connectivity index (χ2v) is 8.70. The van der Waals surface area contributed by atoms with Gasteiger partial charge in [0.15, 0.2) is 5.01 Å². The van der Waals surface area contributed by atoms with Crippen LogP contribution in [0.4, 0.5) is 5.82 Å². The number of para-hydroxylation sites is 1. The Bertz CT molecular complexity index is 974. The molecule has 3 aromatic rings. The van der Waals surface area contributed by atoms with E-state index in [0.29, 0.717) is 17.1 Å². The van der Waals surface area contributed by atoms with Crippen molar-refractivity contribution in [2.45, 2.75) is 44.7 Å². The maximum atomic E-state index is 12.9. The molecule has 5 rings (SSSR count). The molecule has 3 heterocycles. The fourth-order valence-electron chi connectivity index (χ4n) is 4.05. The molecule has 2 aromatic heterocycles. The quantitative estimate of drug-likeness (QED) is 0.677. The zero-order valence-corrected chi connectivity index (χ0v) is 16.7. The lowest BCUT2D eigenvalue weighted by Gasteiger charge is -2.39. The minimum atomic E-state index is 0.0653. The number of benzene rings is 1. The number of anilines is 1. The van der Waals surface area contributed by atoms with Crippen molar-refractivity contribution in [2.24, 2.45) is 0 Å². The van der Waals surface area contributed by atoms with E-state index in [1.165, 1.54) is 24.2 Å². The molecule has 144 valence electrons. The number of fused-ring (bicyclic) bond motifs is 1. The first-order valence-electron chi connectivity index (χ1n) is 9.91. The number of hydrogen-bond donors (Lipinski definition) is 0. The number of amides is 1. The van der Waals surface area contributed by atoms with Gasteiger partial charge in [0.05, 0.1) is 10.2 Å². The van der Waals surface area contributed by atoms with Crippen LogP contribution in [0.1, 0.15) is 41.2 Å². The zero-order chi connectivity index (χ0) is 19.1. The molecule has 6 nitrogen and oxygen atoms in total. The van der Waals surface area contributed by atoms with Crippen molar-refractivity contribution >= 4 is 33.3 Å². The van der Waals surface area contributed by atoms with Crippen LogP contribution in [-0.4, -0.2) is 50.9 Å². The first-order valence-corrected chi connectivity index (χ1v) is 10.7. The lowest BCUT2D eigenvalue weighted by Crippen LogP contribution is -2.48. The molecule has 1 saturated heterocycles. The normalized spacial score (nSPS) is 17.8. The zero-order valence-electron chi connectivity index (χ0n) is 15.9. The molecule has 2 aliphatic rings. The average molecular weight is 394 g/mol. The third kappa shape index (κ3) is 3.35. The number of piperidine rings is 1. The van der Waals surface area contributed by atoms with Crippen LogP contribution < -0.4 is 4.90 Å². The lowest BCUT2D eigenvalue weighted by molar-refractivity contribution is 0.0711. The van der Waals surface area contributed by atoms with Gasteiger partial charge in [-0.3, -0.25) is 4.79 Å². The fourth-order valence-corrected chi connectivity index (χ4v) is 4.99. The van der Waals surface area contributed by atoms with Crippen molar-refractivity contribution in [3.63, 3.8) is 0 Å². The molecule has 0 radical (unpaired) electrons. The summed E-state index contributed by atoms with van der Waals surface area (Å²) in [7, 11) is 0. The molecular weight excluding hydrogens is 370 g/mol. The van der Waals surface area contributed by atoms with E-state index < -0.39 is 0 Å². The highest BCUT2D eigenvalue weighted by Gasteiger charge is 2.37. The molecule has 1 aliphatic carbocycles. The number of likely N-dealkylation sites (tertiary alicyclic amines) is 1. The van der Waals surface area contributed by atoms with E-state index in [1.807, 2.05) is 36.1 Å². The van der Waals surface area contributed by atoms with Crippen LogP contribution in [0.15, 0.2) is 36.7 Å². The summed E-state index contributed by atoms with van der Waals surface area (Å²) in [5.74, 6) is 1.10. The van der Waals surface area contributed by atoms with Crippen molar-refractivity contribution in [1.29, 1.82) is 0 Å². The summed E-state index contributed by atoms with van der Waals surface area (Å²) in [6, 6.07) is 11.0. The second-order valence-electron chi connectivity index (χ2n) is 7.67. The SMILES string of the molecule is Cc1cc(N(C2CC2)C2CCN(C(=O)c3nc4ccccc4s3)CC2)ncn1. The Morgan fingerprint density at radius 2 is 1.86 bits per heavy atom. The molecule has 0 bridgehead atoms. The topological polar surface area (TPSA) is 62.2 Å². The molecule has 0 spiro atoms. The number of rotatable bonds is 4.